The normalized spacial score (nSPS) is 12.0. The second-order valence-corrected chi connectivity index (χ2v) is 8.26. The molecule has 0 aliphatic rings. The summed E-state index contributed by atoms with van der Waals surface area (Å²) in [5.41, 5.74) is 1.08. The van der Waals surface area contributed by atoms with Crippen LogP contribution in [-0.2, 0) is 21.0 Å². The van der Waals surface area contributed by atoms with Gasteiger partial charge in [-0.2, -0.15) is 0 Å². The fraction of sp³-hybridized carbons (Fsp3) is 0.611. The lowest BCUT2D eigenvalue weighted by Crippen LogP contribution is -2.39. The fourth-order valence-corrected chi connectivity index (χ4v) is 2.99. The number of halogens is 1. The van der Waals surface area contributed by atoms with Gasteiger partial charge in [0.25, 0.3) is 0 Å². The minimum absolute atomic E-state index is 0. The molecule has 0 saturated heterocycles. The van der Waals surface area contributed by atoms with E-state index in [4.69, 9.17) is 4.74 Å². The first kappa shape index (κ1) is 26.1. The molecule has 156 valence electrons. The molecule has 9 heteroatoms. The van der Waals surface area contributed by atoms with Gasteiger partial charge in [-0.15, -0.1) is 24.0 Å². The molecule has 0 atom stereocenters. The van der Waals surface area contributed by atoms with Gasteiger partial charge in [0, 0.05) is 40.0 Å². The summed E-state index contributed by atoms with van der Waals surface area (Å²) in [6.45, 7) is 4.26. The van der Waals surface area contributed by atoms with Crippen LogP contribution in [0.15, 0.2) is 34.2 Å². The number of hydrogen-bond acceptors (Lipinski definition) is 5. The fourth-order valence-electron chi connectivity index (χ4n) is 2.36. The van der Waals surface area contributed by atoms with Crippen molar-refractivity contribution in [2.75, 3.05) is 60.2 Å². The van der Waals surface area contributed by atoms with Crippen molar-refractivity contribution in [3.05, 3.63) is 29.8 Å². The molecule has 7 nitrogen and oxygen atoms in total. The van der Waals surface area contributed by atoms with Crippen LogP contribution in [0.2, 0.25) is 0 Å². The van der Waals surface area contributed by atoms with Crippen LogP contribution < -0.4 is 10.6 Å². The van der Waals surface area contributed by atoms with Crippen LogP contribution in [0.3, 0.4) is 0 Å². The number of nitrogens with zero attached hydrogens (tertiary/aromatic N) is 2. The Balaban J connectivity index is 0.00000676. The number of sulfone groups is 1. The van der Waals surface area contributed by atoms with Crippen molar-refractivity contribution < 1.29 is 13.2 Å². The summed E-state index contributed by atoms with van der Waals surface area (Å²) >= 11 is 0. The molecule has 0 saturated carbocycles. The lowest BCUT2D eigenvalue weighted by Gasteiger charge is -2.17. The van der Waals surface area contributed by atoms with Crippen LogP contribution in [0.4, 0.5) is 0 Å². The van der Waals surface area contributed by atoms with Crippen molar-refractivity contribution in [1.29, 1.82) is 0 Å². The molecule has 27 heavy (non-hydrogen) atoms. The van der Waals surface area contributed by atoms with E-state index in [-0.39, 0.29) is 24.0 Å². The summed E-state index contributed by atoms with van der Waals surface area (Å²) < 4.78 is 28.0. The molecule has 1 aromatic carbocycles. The Morgan fingerprint density at radius 1 is 1.15 bits per heavy atom. The van der Waals surface area contributed by atoms with Crippen LogP contribution in [0.5, 0.6) is 0 Å². The van der Waals surface area contributed by atoms with E-state index in [1.54, 1.807) is 26.3 Å². The molecule has 0 aromatic heterocycles. The summed E-state index contributed by atoms with van der Waals surface area (Å²) in [5, 5.41) is 6.57. The number of hydrogen-bond donors (Lipinski definition) is 2. The highest BCUT2D eigenvalue weighted by molar-refractivity contribution is 14.0. The van der Waals surface area contributed by atoms with Gasteiger partial charge in [0.2, 0.25) is 0 Å². The second kappa shape index (κ2) is 14.1. The van der Waals surface area contributed by atoms with E-state index >= 15 is 0 Å². The number of aliphatic imine (C=N–C) groups is 1. The van der Waals surface area contributed by atoms with E-state index in [1.807, 2.05) is 12.1 Å². The SMILES string of the molecule is CN=C(NCCCN(C)CCOC)NCCc1ccc(S(C)(=O)=O)cc1.I. The number of likely N-dealkylation sites (N-methyl/N-ethyl adjacent to an activating group) is 1. The minimum Gasteiger partial charge on any atom is -0.383 e. The number of rotatable bonds is 11. The molecule has 0 spiro atoms. The lowest BCUT2D eigenvalue weighted by atomic mass is 10.1. The largest absolute Gasteiger partial charge is 0.383 e. The van der Waals surface area contributed by atoms with Crippen LogP contribution in [-0.4, -0.2) is 79.5 Å². The van der Waals surface area contributed by atoms with Crippen LogP contribution in [0.1, 0.15) is 12.0 Å². The van der Waals surface area contributed by atoms with Crippen LogP contribution in [0.25, 0.3) is 0 Å². The summed E-state index contributed by atoms with van der Waals surface area (Å²) in [6, 6.07) is 7.00. The first-order valence-electron chi connectivity index (χ1n) is 8.78. The highest BCUT2D eigenvalue weighted by Crippen LogP contribution is 2.10. The predicted octanol–water partition coefficient (Wildman–Crippen LogP) is 1.38. The molecule has 0 unspecified atom stereocenters. The molecule has 0 amide bonds. The second-order valence-electron chi connectivity index (χ2n) is 6.24. The maximum atomic E-state index is 11.5. The molecule has 0 radical (unpaired) electrons. The van der Waals surface area contributed by atoms with Crippen molar-refractivity contribution in [2.45, 2.75) is 17.7 Å². The summed E-state index contributed by atoms with van der Waals surface area (Å²) in [5.74, 6) is 0.775. The Morgan fingerprint density at radius 2 is 1.78 bits per heavy atom. The van der Waals surface area contributed by atoms with E-state index in [9.17, 15) is 8.42 Å². The minimum atomic E-state index is -3.14. The predicted molar refractivity (Wildman–Crippen MR) is 122 cm³/mol. The van der Waals surface area contributed by atoms with Gasteiger partial charge in [0.1, 0.15) is 0 Å². The molecule has 1 aromatic rings. The standard InChI is InChI=1S/C18H32N4O3S.HI/c1-19-18(20-11-5-13-22(2)14-15-25-3)21-12-10-16-6-8-17(9-7-16)26(4,23)24;/h6-9H,5,10-15H2,1-4H3,(H2,19,20,21);1H. The number of ether oxygens (including phenoxy) is 1. The molecule has 0 aliphatic heterocycles. The van der Waals surface area contributed by atoms with Gasteiger partial charge < -0.3 is 20.3 Å². The van der Waals surface area contributed by atoms with E-state index < -0.39 is 9.84 Å². The maximum absolute atomic E-state index is 11.5. The van der Waals surface area contributed by atoms with Crippen LogP contribution in [0, 0.1) is 0 Å². The smallest absolute Gasteiger partial charge is 0.190 e. The highest BCUT2D eigenvalue weighted by Gasteiger charge is 2.06. The Kier molecular flexibility index (Phi) is 13.7. The van der Waals surface area contributed by atoms with Gasteiger partial charge in [-0.25, -0.2) is 8.42 Å². The number of methoxy groups -OCH3 is 1. The van der Waals surface area contributed by atoms with Gasteiger partial charge in [-0.05, 0) is 44.1 Å². The van der Waals surface area contributed by atoms with Crippen LogP contribution >= 0.6 is 24.0 Å². The number of benzene rings is 1. The summed E-state index contributed by atoms with van der Waals surface area (Å²) in [4.78, 5) is 6.80. The Bertz CT molecular complexity index is 651. The zero-order chi connectivity index (χ0) is 19.4. The van der Waals surface area contributed by atoms with Crippen molar-refractivity contribution >= 4 is 39.8 Å². The number of nitrogens with one attached hydrogen (secondary N) is 2. The monoisotopic (exact) mass is 512 g/mol. The van der Waals surface area contributed by atoms with Crippen molar-refractivity contribution in [3.8, 4) is 0 Å². The summed E-state index contributed by atoms with van der Waals surface area (Å²) in [7, 11) is 2.41. The molecule has 0 fully saturated rings. The van der Waals surface area contributed by atoms with E-state index in [0.29, 0.717) is 4.90 Å². The quantitative estimate of drug-likeness (QED) is 0.202. The van der Waals surface area contributed by atoms with E-state index in [2.05, 4.69) is 27.6 Å². The zero-order valence-electron chi connectivity index (χ0n) is 16.7. The molecular formula is C18H33IN4O3S. The first-order valence-corrected chi connectivity index (χ1v) is 10.7. The van der Waals surface area contributed by atoms with Gasteiger partial charge in [0.05, 0.1) is 11.5 Å². The molecule has 0 bridgehead atoms. The van der Waals surface area contributed by atoms with Gasteiger partial charge in [0.15, 0.2) is 15.8 Å². The highest BCUT2D eigenvalue weighted by atomic mass is 127. The van der Waals surface area contributed by atoms with Gasteiger partial charge in [-0.3, -0.25) is 4.99 Å². The number of guanidine groups is 1. The third-order valence-electron chi connectivity index (χ3n) is 3.97. The molecule has 0 aliphatic carbocycles. The van der Waals surface area contributed by atoms with Crippen molar-refractivity contribution in [3.63, 3.8) is 0 Å². The first-order chi connectivity index (χ1) is 12.4. The third kappa shape index (κ3) is 11.5. The maximum Gasteiger partial charge on any atom is 0.190 e. The van der Waals surface area contributed by atoms with E-state index in [0.717, 1.165) is 57.2 Å². The summed E-state index contributed by atoms with van der Waals surface area (Å²) in [6.07, 6.45) is 3.03. The Labute approximate surface area is 180 Å². The third-order valence-corrected chi connectivity index (χ3v) is 5.10. The molecule has 0 heterocycles. The van der Waals surface area contributed by atoms with E-state index in [1.165, 1.54) is 6.26 Å². The van der Waals surface area contributed by atoms with Gasteiger partial charge in [-0.1, -0.05) is 12.1 Å². The van der Waals surface area contributed by atoms with Crippen molar-refractivity contribution in [2.24, 2.45) is 4.99 Å². The molecule has 1 rings (SSSR count). The average molecular weight is 512 g/mol. The average Bonchev–Trinajstić information content (AvgIpc) is 2.61. The lowest BCUT2D eigenvalue weighted by molar-refractivity contribution is 0.161. The Morgan fingerprint density at radius 3 is 2.33 bits per heavy atom. The van der Waals surface area contributed by atoms with Crippen molar-refractivity contribution in [1.82, 2.24) is 15.5 Å². The Hall–Kier alpha value is -0.910. The topological polar surface area (TPSA) is 83.0 Å². The zero-order valence-corrected chi connectivity index (χ0v) is 19.8. The molecular weight excluding hydrogens is 479 g/mol. The molecule has 2 N–H and O–H groups in total. The van der Waals surface area contributed by atoms with Gasteiger partial charge >= 0.3 is 0 Å².